The molecule has 6 unspecified atom stereocenters. The van der Waals surface area contributed by atoms with Crippen molar-refractivity contribution in [2.75, 3.05) is 0 Å². The molecule has 0 heterocycles. The van der Waals surface area contributed by atoms with Gasteiger partial charge in [0.1, 0.15) is 5.78 Å². The van der Waals surface area contributed by atoms with Gasteiger partial charge in [0.15, 0.2) is 0 Å². The molecule has 0 aromatic carbocycles. The van der Waals surface area contributed by atoms with E-state index in [9.17, 15) is 4.79 Å². The van der Waals surface area contributed by atoms with Crippen LogP contribution < -0.4 is 0 Å². The van der Waals surface area contributed by atoms with Crippen LogP contribution in [0.15, 0.2) is 35.5 Å². The third kappa shape index (κ3) is 0.953. The molecule has 0 aliphatic heterocycles. The summed E-state index contributed by atoms with van der Waals surface area (Å²) in [4.78, 5) is 12.6. The normalized spacial score (nSPS) is 51.0. The number of ketones is 1. The number of hydrogen-bond donors (Lipinski definition) is 0. The van der Waals surface area contributed by atoms with Crippen molar-refractivity contribution < 1.29 is 4.79 Å². The van der Waals surface area contributed by atoms with Gasteiger partial charge in [-0.25, -0.2) is 0 Å². The standard InChI is InChI=1S/C17H18O/c18-17-11-3-1-2-4-12(17)14-8-13(11)15-9-5-6-10(7-9)16(14)15/h1-4,9-14H,5-8H2. The van der Waals surface area contributed by atoms with E-state index in [1.165, 1.54) is 25.7 Å². The van der Waals surface area contributed by atoms with E-state index in [0.717, 1.165) is 11.8 Å². The number of fused-ring (bicyclic) bond motifs is 12. The lowest BCUT2D eigenvalue weighted by molar-refractivity contribution is -0.128. The van der Waals surface area contributed by atoms with Crippen LogP contribution in [0.2, 0.25) is 0 Å². The Balaban J connectivity index is 1.72. The van der Waals surface area contributed by atoms with Crippen molar-refractivity contribution in [3.8, 4) is 0 Å². The van der Waals surface area contributed by atoms with Crippen molar-refractivity contribution in [3.63, 3.8) is 0 Å². The number of hydrogen-bond acceptors (Lipinski definition) is 1. The van der Waals surface area contributed by atoms with Crippen molar-refractivity contribution >= 4 is 5.78 Å². The van der Waals surface area contributed by atoms with Crippen LogP contribution >= 0.6 is 0 Å². The van der Waals surface area contributed by atoms with E-state index in [1.807, 2.05) is 0 Å². The van der Waals surface area contributed by atoms with E-state index in [2.05, 4.69) is 24.3 Å². The molecule has 2 fully saturated rings. The smallest absolute Gasteiger partial charge is 0.147 e. The highest BCUT2D eigenvalue weighted by Gasteiger charge is 2.57. The summed E-state index contributed by atoms with van der Waals surface area (Å²) in [7, 11) is 0. The van der Waals surface area contributed by atoms with Gasteiger partial charge in [-0.15, -0.1) is 0 Å². The van der Waals surface area contributed by atoms with Crippen LogP contribution in [0.3, 0.4) is 0 Å². The summed E-state index contributed by atoms with van der Waals surface area (Å²) < 4.78 is 0. The molecule has 5 aliphatic rings. The molecule has 6 bridgehead atoms. The molecule has 1 nitrogen and oxygen atoms in total. The molecule has 5 rings (SSSR count). The van der Waals surface area contributed by atoms with Crippen LogP contribution in [-0.4, -0.2) is 5.78 Å². The highest BCUT2D eigenvalue weighted by Crippen LogP contribution is 2.64. The Hall–Kier alpha value is -1.11. The maximum Gasteiger partial charge on any atom is 0.147 e. The third-order valence-corrected chi connectivity index (χ3v) is 6.22. The minimum atomic E-state index is 0.202. The molecule has 0 amide bonds. The van der Waals surface area contributed by atoms with Gasteiger partial charge < -0.3 is 0 Å². The predicted molar refractivity (Wildman–Crippen MR) is 69.7 cm³/mol. The predicted octanol–water partition coefficient (Wildman–Crippen LogP) is 3.29. The molecule has 0 aromatic rings. The molecule has 0 aromatic heterocycles. The van der Waals surface area contributed by atoms with Crippen LogP contribution in [0.5, 0.6) is 0 Å². The summed E-state index contributed by atoms with van der Waals surface area (Å²) in [5.74, 6) is 3.79. The fraction of sp³-hybridized carbons (Fsp3) is 0.588. The van der Waals surface area contributed by atoms with E-state index in [0.29, 0.717) is 17.6 Å². The Labute approximate surface area is 108 Å². The first-order valence-corrected chi connectivity index (χ1v) is 7.47. The van der Waals surface area contributed by atoms with E-state index < -0.39 is 0 Å². The Morgan fingerprint density at radius 3 is 1.94 bits per heavy atom. The van der Waals surface area contributed by atoms with Gasteiger partial charge in [-0.2, -0.15) is 0 Å². The van der Waals surface area contributed by atoms with Gasteiger partial charge in [-0.05, 0) is 49.4 Å². The van der Waals surface area contributed by atoms with Crippen molar-refractivity contribution in [3.05, 3.63) is 35.5 Å². The number of carbonyl (C=O) groups is 1. The minimum absolute atomic E-state index is 0.202. The Morgan fingerprint density at radius 1 is 0.833 bits per heavy atom. The fourth-order valence-corrected chi connectivity index (χ4v) is 5.70. The average Bonchev–Trinajstić information content (AvgIpc) is 3.03. The first-order chi connectivity index (χ1) is 8.84. The Kier molecular flexibility index (Phi) is 1.67. The molecule has 5 aliphatic carbocycles. The molecule has 92 valence electrons. The first-order valence-electron chi connectivity index (χ1n) is 7.47. The van der Waals surface area contributed by atoms with Crippen LogP contribution in [0.4, 0.5) is 0 Å². The van der Waals surface area contributed by atoms with Crippen LogP contribution in [-0.2, 0) is 4.79 Å². The second-order valence-electron chi connectivity index (χ2n) is 6.79. The summed E-state index contributed by atoms with van der Waals surface area (Å²) in [6.45, 7) is 0. The number of Topliss-reactive ketones (excluding diaryl/α,β-unsaturated/α-hetero) is 1. The Bertz CT molecular complexity index is 492. The summed E-state index contributed by atoms with van der Waals surface area (Å²) >= 11 is 0. The topological polar surface area (TPSA) is 17.1 Å². The zero-order valence-electron chi connectivity index (χ0n) is 10.5. The molecule has 0 spiro atoms. The quantitative estimate of drug-likeness (QED) is 0.467. The molecular formula is C17H18O. The number of rotatable bonds is 0. The van der Waals surface area contributed by atoms with Gasteiger partial charge in [-0.3, -0.25) is 4.79 Å². The minimum Gasteiger partial charge on any atom is -0.298 e. The van der Waals surface area contributed by atoms with Crippen molar-refractivity contribution in [2.45, 2.75) is 25.7 Å². The Morgan fingerprint density at radius 2 is 1.39 bits per heavy atom. The van der Waals surface area contributed by atoms with E-state index in [4.69, 9.17) is 0 Å². The second kappa shape index (κ2) is 3.07. The summed E-state index contributed by atoms with van der Waals surface area (Å²) in [5, 5.41) is 0. The fourth-order valence-electron chi connectivity index (χ4n) is 5.70. The lowest BCUT2D eigenvalue weighted by atomic mass is 9.68. The van der Waals surface area contributed by atoms with Gasteiger partial charge >= 0.3 is 0 Å². The molecule has 18 heavy (non-hydrogen) atoms. The zero-order valence-corrected chi connectivity index (χ0v) is 10.5. The summed E-state index contributed by atoms with van der Waals surface area (Å²) in [5.41, 5.74) is 3.52. The van der Waals surface area contributed by atoms with Gasteiger partial charge in [0, 0.05) is 11.8 Å². The lowest BCUT2D eigenvalue weighted by Crippen LogP contribution is -2.36. The first kappa shape index (κ1) is 9.77. The van der Waals surface area contributed by atoms with Crippen LogP contribution in [0.25, 0.3) is 0 Å². The maximum atomic E-state index is 12.6. The third-order valence-electron chi connectivity index (χ3n) is 6.22. The van der Waals surface area contributed by atoms with Gasteiger partial charge in [-0.1, -0.05) is 35.5 Å². The molecule has 2 saturated carbocycles. The van der Waals surface area contributed by atoms with Gasteiger partial charge in [0.25, 0.3) is 0 Å². The number of allylic oxidation sites excluding steroid dienone is 6. The molecule has 6 atom stereocenters. The molecule has 0 N–H and O–H groups in total. The molecule has 0 radical (unpaired) electrons. The average molecular weight is 238 g/mol. The summed E-state index contributed by atoms with van der Waals surface area (Å²) in [6.07, 6.45) is 14.1. The lowest BCUT2D eigenvalue weighted by Gasteiger charge is -2.34. The maximum absolute atomic E-state index is 12.6. The summed E-state index contributed by atoms with van der Waals surface area (Å²) in [6, 6.07) is 0. The highest BCUT2D eigenvalue weighted by molar-refractivity contribution is 5.90. The largest absolute Gasteiger partial charge is 0.298 e. The monoisotopic (exact) mass is 238 g/mol. The van der Waals surface area contributed by atoms with Crippen molar-refractivity contribution in [1.82, 2.24) is 0 Å². The molecular weight excluding hydrogens is 220 g/mol. The highest BCUT2D eigenvalue weighted by atomic mass is 16.1. The van der Waals surface area contributed by atoms with E-state index in [1.54, 1.807) is 11.1 Å². The van der Waals surface area contributed by atoms with E-state index in [-0.39, 0.29) is 11.8 Å². The second-order valence-corrected chi connectivity index (χ2v) is 6.79. The van der Waals surface area contributed by atoms with Crippen molar-refractivity contribution in [2.24, 2.45) is 35.5 Å². The zero-order chi connectivity index (χ0) is 11.9. The van der Waals surface area contributed by atoms with E-state index >= 15 is 0 Å². The van der Waals surface area contributed by atoms with Crippen molar-refractivity contribution in [1.29, 1.82) is 0 Å². The van der Waals surface area contributed by atoms with Gasteiger partial charge in [0.05, 0.1) is 0 Å². The van der Waals surface area contributed by atoms with Crippen LogP contribution in [0, 0.1) is 35.5 Å². The van der Waals surface area contributed by atoms with Gasteiger partial charge in [0.2, 0.25) is 0 Å². The van der Waals surface area contributed by atoms with Crippen LogP contribution in [0.1, 0.15) is 25.7 Å². The molecule has 0 saturated heterocycles. The molecule has 1 heteroatoms. The number of carbonyl (C=O) groups excluding carboxylic acids is 1. The SMILES string of the molecule is O=C1C2C=CC=CC1C1CC2C2=C1C1CCC2C1.